The fourth-order valence-corrected chi connectivity index (χ4v) is 2.21. The van der Waals surface area contributed by atoms with Gasteiger partial charge in [0.2, 0.25) is 0 Å². The molecule has 1 aliphatic carbocycles. The van der Waals surface area contributed by atoms with E-state index in [2.05, 4.69) is 43.1 Å². The minimum absolute atomic E-state index is 0.627. The lowest BCUT2D eigenvalue weighted by Gasteiger charge is -2.09. The molecule has 1 fully saturated rings. The highest BCUT2D eigenvalue weighted by atomic mass is 14.9. The second kappa shape index (κ2) is 4.52. The Labute approximate surface area is 108 Å². The van der Waals surface area contributed by atoms with E-state index in [4.69, 9.17) is 4.98 Å². The summed E-state index contributed by atoms with van der Waals surface area (Å²) in [6.07, 6.45) is 5.48. The molecule has 0 aliphatic heterocycles. The molecule has 0 bridgehead atoms. The number of hydrogen-bond donors (Lipinski definition) is 0. The summed E-state index contributed by atoms with van der Waals surface area (Å²) in [7, 11) is 0. The van der Waals surface area contributed by atoms with Crippen LogP contribution in [0.5, 0.6) is 0 Å². The highest BCUT2D eigenvalue weighted by molar-refractivity contribution is 5.65. The molecule has 1 aliphatic rings. The van der Waals surface area contributed by atoms with Gasteiger partial charge in [0.25, 0.3) is 0 Å². The highest BCUT2D eigenvalue weighted by Gasteiger charge is 2.27. The van der Waals surface area contributed by atoms with Gasteiger partial charge in [-0.2, -0.15) is 0 Å². The van der Waals surface area contributed by atoms with Gasteiger partial charge in [-0.3, -0.25) is 0 Å². The summed E-state index contributed by atoms with van der Waals surface area (Å²) in [6, 6.07) is 8.60. The van der Waals surface area contributed by atoms with Gasteiger partial charge in [-0.25, -0.2) is 9.97 Å². The van der Waals surface area contributed by atoms with Crippen LogP contribution in [0, 0.1) is 6.92 Å². The van der Waals surface area contributed by atoms with E-state index in [-0.39, 0.29) is 0 Å². The van der Waals surface area contributed by atoms with Crippen LogP contribution < -0.4 is 0 Å². The Kier molecular flexibility index (Phi) is 2.86. The Morgan fingerprint density at radius 1 is 1.17 bits per heavy atom. The van der Waals surface area contributed by atoms with Crippen LogP contribution in [-0.4, -0.2) is 9.97 Å². The SMILES string of the molecule is CCc1nc(C2CC2)ncc1-c1ccc(C)cc1. The highest BCUT2D eigenvalue weighted by Crippen LogP contribution is 2.38. The molecule has 1 aromatic heterocycles. The Balaban J connectivity index is 2.02. The van der Waals surface area contributed by atoms with Gasteiger partial charge in [-0.1, -0.05) is 36.8 Å². The van der Waals surface area contributed by atoms with Crippen molar-refractivity contribution >= 4 is 0 Å². The number of hydrogen-bond acceptors (Lipinski definition) is 2. The molecule has 2 aromatic rings. The van der Waals surface area contributed by atoms with Crippen molar-refractivity contribution < 1.29 is 0 Å². The number of aromatic nitrogens is 2. The van der Waals surface area contributed by atoms with Crippen molar-refractivity contribution in [2.45, 2.75) is 39.0 Å². The molecule has 0 atom stereocenters. The zero-order valence-electron chi connectivity index (χ0n) is 11.0. The minimum atomic E-state index is 0.627. The normalized spacial score (nSPS) is 14.8. The molecule has 0 radical (unpaired) electrons. The van der Waals surface area contributed by atoms with Crippen LogP contribution in [0.4, 0.5) is 0 Å². The molecule has 0 amide bonds. The second-order valence-electron chi connectivity index (χ2n) is 5.08. The smallest absolute Gasteiger partial charge is 0.131 e. The van der Waals surface area contributed by atoms with Crippen LogP contribution in [0.15, 0.2) is 30.5 Å². The molecule has 2 nitrogen and oxygen atoms in total. The summed E-state index contributed by atoms with van der Waals surface area (Å²) >= 11 is 0. The summed E-state index contributed by atoms with van der Waals surface area (Å²) in [5.41, 5.74) is 4.87. The Morgan fingerprint density at radius 2 is 1.89 bits per heavy atom. The van der Waals surface area contributed by atoms with Crippen molar-refractivity contribution in [3.63, 3.8) is 0 Å². The molecular formula is C16H18N2. The quantitative estimate of drug-likeness (QED) is 0.810. The van der Waals surface area contributed by atoms with E-state index in [0.29, 0.717) is 5.92 Å². The van der Waals surface area contributed by atoms with Gasteiger partial charge in [0.1, 0.15) is 5.82 Å². The summed E-state index contributed by atoms with van der Waals surface area (Å²) in [5, 5.41) is 0. The average Bonchev–Trinajstić information content (AvgIpc) is 3.23. The van der Waals surface area contributed by atoms with E-state index in [1.807, 2.05) is 6.20 Å². The van der Waals surface area contributed by atoms with Crippen molar-refractivity contribution in [1.82, 2.24) is 9.97 Å². The Bertz CT molecular complexity index is 554. The number of rotatable bonds is 3. The maximum Gasteiger partial charge on any atom is 0.131 e. The van der Waals surface area contributed by atoms with Crippen molar-refractivity contribution in [3.8, 4) is 11.1 Å². The van der Waals surface area contributed by atoms with Crippen LogP contribution in [0.2, 0.25) is 0 Å². The van der Waals surface area contributed by atoms with Gasteiger partial charge in [0.05, 0.1) is 5.69 Å². The Morgan fingerprint density at radius 3 is 2.50 bits per heavy atom. The third-order valence-corrected chi connectivity index (χ3v) is 3.53. The average molecular weight is 238 g/mol. The largest absolute Gasteiger partial charge is 0.240 e. The first-order chi connectivity index (χ1) is 8.78. The lowest BCUT2D eigenvalue weighted by atomic mass is 10.0. The van der Waals surface area contributed by atoms with Crippen LogP contribution in [0.1, 0.15) is 42.8 Å². The van der Waals surface area contributed by atoms with Gasteiger partial charge in [-0.05, 0) is 31.7 Å². The topological polar surface area (TPSA) is 25.8 Å². The standard InChI is InChI=1S/C16H18N2/c1-3-15-14(12-6-4-11(2)5-7-12)10-17-16(18-15)13-8-9-13/h4-7,10,13H,3,8-9H2,1-2H3. The lowest BCUT2D eigenvalue weighted by molar-refractivity contribution is 0.881. The fraction of sp³-hybridized carbons (Fsp3) is 0.375. The first kappa shape index (κ1) is 11.4. The van der Waals surface area contributed by atoms with Gasteiger partial charge in [0, 0.05) is 17.7 Å². The van der Waals surface area contributed by atoms with Gasteiger partial charge in [0.15, 0.2) is 0 Å². The molecule has 0 spiro atoms. The molecule has 1 aromatic carbocycles. The van der Waals surface area contributed by atoms with Gasteiger partial charge >= 0.3 is 0 Å². The summed E-state index contributed by atoms with van der Waals surface area (Å²) in [5.74, 6) is 1.67. The van der Waals surface area contributed by atoms with Gasteiger partial charge in [-0.15, -0.1) is 0 Å². The molecule has 0 N–H and O–H groups in total. The van der Waals surface area contributed by atoms with Gasteiger partial charge < -0.3 is 0 Å². The van der Waals surface area contributed by atoms with Crippen molar-refractivity contribution in [1.29, 1.82) is 0 Å². The van der Waals surface area contributed by atoms with Crippen LogP contribution in [0.3, 0.4) is 0 Å². The molecule has 1 heterocycles. The molecular weight excluding hydrogens is 220 g/mol. The predicted octanol–water partition coefficient (Wildman–Crippen LogP) is 3.89. The molecule has 92 valence electrons. The third kappa shape index (κ3) is 2.15. The van der Waals surface area contributed by atoms with E-state index in [9.17, 15) is 0 Å². The summed E-state index contributed by atoms with van der Waals surface area (Å²) in [6.45, 7) is 4.27. The zero-order valence-corrected chi connectivity index (χ0v) is 11.0. The molecule has 1 saturated carbocycles. The van der Waals surface area contributed by atoms with Crippen LogP contribution >= 0.6 is 0 Å². The summed E-state index contributed by atoms with van der Waals surface area (Å²) < 4.78 is 0. The van der Waals surface area contributed by atoms with E-state index >= 15 is 0 Å². The fourth-order valence-electron chi connectivity index (χ4n) is 2.21. The second-order valence-corrected chi connectivity index (χ2v) is 5.08. The number of nitrogens with zero attached hydrogens (tertiary/aromatic N) is 2. The number of aryl methyl sites for hydroxylation is 2. The van der Waals surface area contributed by atoms with Crippen LogP contribution in [-0.2, 0) is 6.42 Å². The van der Waals surface area contributed by atoms with Crippen molar-refractivity contribution in [2.75, 3.05) is 0 Å². The van der Waals surface area contributed by atoms with Crippen molar-refractivity contribution in [2.24, 2.45) is 0 Å². The van der Waals surface area contributed by atoms with E-state index in [1.165, 1.54) is 35.2 Å². The predicted molar refractivity (Wildman–Crippen MR) is 73.6 cm³/mol. The van der Waals surface area contributed by atoms with Crippen LogP contribution in [0.25, 0.3) is 11.1 Å². The first-order valence-corrected chi connectivity index (χ1v) is 6.70. The first-order valence-electron chi connectivity index (χ1n) is 6.70. The third-order valence-electron chi connectivity index (χ3n) is 3.53. The van der Waals surface area contributed by atoms with Crippen molar-refractivity contribution in [3.05, 3.63) is 47.5 Å². The molecule has 0 unspecified atom stereocenters. The molecule has 18 heavy (non-hydrogen) atoms. The summed E-state index contributed by atoms with van der Waals surface area (Å²) in [4.78, 5) is 9.28. The zero-order chi connectivity index (χ0) is 12.5. The maximum atomic E-state index is 4.74. The molecule has 0 saturated heterocycles. The molecule has 3 rings (SSSR count). The van der Waals surface area contributed by atoms with E-state index < -0.39 is 0 Å². The number of benzene rings is 1. The maximum absolute atomic E-state index is 4.74. The lowest BCUT2D eigenvalue weighted by Crippen LogP contribution is -2.00. The molecule has 2 heteroatoms. The van der Waals surface area contributed by atoms with E-state index in [0.717, 1.165) is 12.2 Å². The monoisotopic (exact) mass is 238 g/mol. The van der Waals surface area contributed by atoms with E-state index in [1.54, 1.807) is 0 Å². The Hall–Kier alpha value is -1.70. The minimum Gasteiger partial charge on any atom is -0.240 e.